The molecule has 2 saturated heterocycles. The Morgan fingerprint density at radius 3 is 1.43 bits per heavy atom. The van der Waals surface area contributed by atoms with E-state index in [1.807, 2.05) is 0 Å². The van der Waals surface area contributed by atoms with Crippen LogP contribution < -0.4 is 10.6 Å². The zero-order chi connectivity index (χ0) is 19.9. The molecule has 2 heterocycles. The van der Waals surface area contributed by atoms with E-state index in [0.717, 1.165) is 0 Å². The molecule has 0 amide bonds. The first-order chi connectivity index (χ1) is 13.6. The Labute approximate surface area is 160 Å². The Hall–Kier alpha value is -1.30. The largest absolute Gasteiger partial charge is 0.374 e. The maximum Gasteiger partial charge on any atom is 0.167 e. The van der Waals surface area contributed by atoms with Crippen molar-refractivity contribution in [3.63, 3.8) is 0 Å². The van der Waals surface area contributed by atoms with E-state index in [9.17, 15) is 17.6 Å². The van der Waals surface area contributed by atoms with Gasteiger partial charge < -0.3 is 29.6 Å². The fourth-order valence-corrected chi connectivity index (χ4v) is 3.01. The van der Waals surface area contributed by atoms with Crippen molar-refractivity contribution in [2.24, 2.45) is 0 Å². The molecule has 28 heavy (non-hydrogen) atoms. The van der Waals surface area contributed by atoms with Crippen LogP contribution in [0.2, 0.25) is 0 Å². The van der Waals surface area contributed by atoms with Crippen molar-refractivity contribution < 1.29 is 36.5 Å². The Kier molecular flexibility index (Phi) is 8.00. The van der Waals surface area contributed by atoms with Gasteiger partial charge in [-0.25, -0.2) is 17.6 Å². The number of hydrogen-bond donors (Lipinski definition) is 2. The summed E-state index contributed by atoms with van der Waals surface area (Å²) < 4.78 is 78.2. The summed E-state index contributed by atoms with van der Waals surface area (Å²) in [4.78, 5) is 0. The van der Waals surface area contributed by atoms with E-state index < -0.39 is 47.6 Å². The zero-order valence-electron chi connectivity index (χ0n) is 15.4. The van der Waals surface area contributed by atoms with Crippen LogP contribution in [0.25, 0.3) is 0 Å². The smallest absolute Gasteiger partial charge is 0.167 e. The second kappa shape index (κ2) is 10.5. The van der Waals surface area contributed by atoms with E-state index in [2.05, 4.69) is 10.6 Å². The van der Waals surface area contributed by atoms with E-state index in [4.69, 9.17) is 18.9 Å². The average molecular weight is 408 g/mol. The molecule has 2 fully saturated rings. The van der Waals surface area contributed by atoms with Crippen molar-refractivity contribution in [2.45, 2.75) is 25.4 Å². The van der Waals surface area contributed by atoms with Crippen LogP contribution in [-0.2, 0) is 32.2 Å². The SMILES string of the molecule is Fc1c(F)c(COC[C@@H]2CNCCO2)c(F)c(F)c1COC[C@@H]1CNCCO1. The highest BCUT2D eigenvalue weighted by atomic mass is 19.2. The van der Waals surface area contributed by atoms with E-state index in [1.54, 1.807) is 0 Å². The van der Waals surface area contributed by atoms with Crippen molar-refractivity contribution in [1.82, 2.24) is 10.6 Å². The molecule has 2 aliphatic rings. The summed E-state index contributed by atoms with van der Waals surface area (Å²) in [7, 11) is 0. The van der Waals surface area contributed by atoms with Crippen molar-refractivity contribution >= 4 is 0 Å². The first kappa shape index (κ1) is 21.4. The van der Waals surface area contributed by atoms with E-state index in [0.29, 0.717) is 39.4 Å². The predicted molar refractivity (Wildman–Crippen MR) is 90.8 cm³/mol. The minimum atomic E-state index is -1.48. The van der Waals surface area contributed by atoms with Crippen LogP contribution in [0.15, 0.2) is 0 Å². The lowest BCUT2D eigenvalue weighted by Gasteiger charge is -2.24. The van der Waals surface area contributed by atoms with Gasteiger partial charge in [-0.15, -0.1) is 0 Å². The molecule has 0 unspecified atom stereocenters. The highest BCUT2D eigenvalue weighted by Gasteiger charge is 2.26. The predicted octanol–water partition coefficient (Wildman–Crippen LogP) is 1.25. The molecule has 2 N–H and O–H groups in total. The Morgan fingerprint density at radius 2 is 1.11 bits per heavy atom. The zero-order valence-corrected chi connectivity index (χ0v) is 15.4. The summed E-state index contributed by atoms with van der Waals surface area (Å²) in [6.45, 7) is 2.38. The second-order valence-corrected chi connectivity index (χ2v) is 6.64. The van der Waals surface area contributed by atoms with Gasteiger partial charge in [0.15, 0.2) is 23.3 Å². The van der Waals surface area contributed by atoms with Crippen LogP contribution >= 0.6 is 0 Å². The molecular formula is C18H24F4N2O4. The fraction of sp³-hybridized carbons (Fsp3) is 0.667. The van der Waals surface area contributed by atoms with Gasteiger partial charge >= 0.3 is 0 Å². The van der Waals surface area contributed by atoms with Crippen molar-refractivity contribution in [1.29, 1.82) is 0 Å². The van der Waals surface area contributed by atoms with Gasteiger partial charge in [0.25, 0.3) is 0 Å². The molecular weight excluding hydrogens is 384 g/mol. The summed E-state index contributed by atoms with van der Waals surface area (Å²) in [5.74, 6) is -5.90. The van der Waals surface area contributed by atoms with Crippen LogP contribution in [0.1, 0.15) is 11.1 Å². The number of morpholine rings is 2. The van der Waals surface area contributed by atoms with Gasteiger partial charge in [0.05, 0.1) is 63.0 Å². The minimum absolute atomic E-state index is 0.0510. The fourth-order valence-electron chi connectivity index (χ4n) is 3.01. The normalized spacial score (nSPS) is 23.1. The van der Waals surface area contributed by atoms with Gasteiger partial charge in [-0.05, 0) is 0 Å². The summed E-state index contributed by atoms with van der Waals surface area (Å²) in [5.41, 5.74) is -1.58. The minimum Gasteiger partial charge on any atom is -0.374 e. The molecule has 0 aliphatic carbocycles. The molecule has 0 bridgehead atoms. The van der Waals surface area contributed by atoms with E-state index in [1.165, 1.54) is 0 Å². The maximum atomic E-state index is 14.3. The molecule has 0 saturated carbocycles. The molecule has 2 atom stereocenters. The topological polar surface area (TPSA) is 61.0 Å². The highest BCUT2D eigenvalue weighted by molar-refractivity contribution is 5.29. The number of hydrogen-bond acceptors (Lipinski definition) is 6. The van der Waals surface area contributed by atoms with Gasteiger partial charge in [0, 0.05) is 26.2 Å². The standard InChI is InChI=1S/C18H24F4N2O4/c19-15-13(9-25-7-11-5-23-1-3-27-11)16(20)18(22)14(17(15)21)10-26-8-12-6-24-2-4-28-12/h11-12,23-24H,1-10H2/t11-,12-/m0/s1. The van der Waals surface area contributed by atoms with E-state index in [-0.39, 0.29) is 25.4 Å². The Morgan fingerprint density at radius 1 is 0.714 bits per heavy atom. The third-order valence-electron chi connectivity index (χ3n) is 4.55. The summed E-state index contributed by atoms with van der Waals surface area (Å²) >= 11 is 0. The van der Waals surface area contributed by atoms with Crippen LogP contribution in [0.4, 0.5) is 17.6 Å². The first-order valence-electron chi connectivity index (χ1n) is 9.21. The third kappa shape index (κ3) is 5.40. The monoisotopic (exact) mass is 408 g/mol. The molecule has 6 nitrogen and oxygen atoms in total. The lowest BCUT2D eigenvalue weighted by atomic mass is 10.1. The second-order valence-electron chi connectivity index (χ2n) is 6.64. The lowest BCUT2D eigenvalue weighted by molar-refractivity contribution is -0.0378. The molecule has 0 aromatic heterocycles. The van der Waals surface area contributed by atoms with Crippen LogP contribution in [0.3, 0.4) is 0 Å². The molecule has 1 aromatic carbocycles. The van der Waals surface area contributed by atoms with Gasteiger partial charge in [-0.2, -0.15) is 0 Å². The van der Waals surface area contributed by atoms with Crippen molar-refractivity contribution in [2.75, 3.05) is 52.6 Å². The molecule has 1 aromatic rings. The highest BCUT2D eigenvalue weighted by Crippen LogP contribution is 2.25. The molecule has 158 valence electrons. The Balaban J connectivity index is 1.58. The molecule has 0 spiro atoms. The van der Waals surface area contributed by atoms with Gasteiger partial charge in [0.2, 0.25) is 0 Å². The van der Waals surface area contributed by atoms with Gasteiger partial charge in [0.1, 0.15) is 0 Å². The van der Waals surface area contributed by atoms with E-state index >= 15 is 0 Å². The summed E-state index contributed by atoms with van der Waals surface area (Å²) in [6.07, 6.45) is -0.558. The number of benzene rings is 1. The van der Waals surface area contributed by atoms with Crippen LogP contribution in [-0.4, -0.2) is 64.8 Å². The number of nitrogens with one attached hydrogen (secondary N) is 2. The summed E-state index contributed by atoms with van der Waals surface area (Å²) in [5, 5.41) is 6.15. The Bertz CT molecular complexity index is 569. The molecule has 10 heteroatoms. The maximum absolute atomic E-state index is 14.3. The van der Waals surface area contributed by atoms with Gasteiger partial charge in [-0.1, -0.05) is 0 Å². The number of ether oxygens (including phenoxy) is 4. The summed E-state index contributed by atoms with van der Waals surface area (Å²) in [6, 6.07) is 0. The number of rotatable bonds is 8. The van der Waals surface area contributed by atoms with Crippen molar-refractivity contribution in [3.8, 4) is 0 Å². The average Bonchev–Trinajstić information content (AvgIpc) is 2.73. The van der Waals surface area contributed by atoms with Crippen molar-refractivity contribution in [3.05, 3.63) is 34.4 Å². The number of halogens is 4. The van der Waals surface area contributed by atoms with Crippen LogP contribution in [0, 0.1) is 23.3 Å². The molecule has 3 rings (SSSR count). The quantitative estimate of drug-likeness (QED) is 0.499. The van der Waals surface area contributed by atoms with Gasteiger partial charge in [-0.3, -0.25) is 0 Å². The lowest BCUT2D eigenvalue weighted by Crippen LogP contribution is -2.41. The third-order valence-corrected chi connectivity index (χ3v) is 4.55. The van der Waals surface area contributed by atoms with Crippen LogP contribution in [0.5, 0.6) is 0 Å². The first-order valence-corrected chi connectivity index (χ1v) is 9.21. The molecule has 0 radical (unpaired) electrons. The molecule has 2 aliphatic heterocycles.